The van der Waals surface area contributed by atoms with Gasteiger partial charge in [0.1, 0.15) is 0 Å². The fourth-order valence-electron chi connectivity index (χ4n) is 4.55. The van der Waals surface area contributed by atoms with Crippen LogP contribution in [-0.2, 0) is 0 Å². The molecule has 2 saturated carbocycles. The van der Waals surface area contributed by atoms with Gasteiger partial charge in [0.2, 0.25) is 0 Å². The molecule has 0 aromatic heterocycles. The highest BCUT2D eigenvalue weighted by Gasteiger charge is 2.42. The van der Waals surface area contributed by atoms with Crippen molar-refractivity contribution >= 4 is 0 Å². The van der Waals surface area contributed by atoms with E-state index in [1.165, 1.54) is 32.1 Å². The Morgan fingerprint density at radius 1 is 1.17 bits per heavy atom. The fraction of sp³-hybridized carbons (Fsp3) is 1.00. The zero-order chi connectivity index (χ0) is 13.3. The second-order valence-corrected chi connectivity index (χ2v) is 7.10. The molecule has 0 spiro atoms. The van der Waals surface area contributed by atoms with Crippen LogP contribution in [0.25, 0.3) is 0 Å². The topological polar surface area (TPSA) is 29.3 Å². The van der Waals surface area contributed by atoms with Gasteiger partial charge in [0.05, 0.1) is 0 Å². The quantitative estimate of drug-likeness (QED) is 0.786. The molecule has 0 aromatic carbocycles. The molecule has 0 saturated heterocycles. The molecule has 18 heavy (non-hydrogen) atoms. The zero-order valence-electron chi connectivity index (χ0n) is 12.8. The first kappa shape index (κ1) is 14.3. The first-order valence-electron chi connectivity index (χ1n) is 7.99. The van der Waals surface area contributed by atoms with Gasteiger partial charge in [0, 0.05) is 11.6 Å². The van der Waals surface area contributed by atoms with Crippen LogP contribution in [0.15, 0.2) is 0 Å². The third-order valence-corrected chi connectivity index (χ3v) is 5.93. The van der Waals surface area contributed by atoms with E-state index in [0.717, 1.165) is 30.8 Å². The molecule has 0 aromatic rings. The minimum Gasteiger partial charge on any atom is -0.326 e. The molecule has 2 bridgehead atoms. The molecule has 0 amide bonds. The molecule has 4 unspecified atom stereocenters. The number of nitrogens with zero attached hydrogens (tertiary/aromatic N) is 1. The molecule has 2 rings (SSSR count). The van der Waals surface area contributed by atoms with E-state index < -0.39 is 0 Å². The summed E-state index contributed by atoms with van der Waals surface area (Å²) < 4.78 is 0. The number of nitrogens with two attached hydrogens (primary N) is 1. The van der Waals surface area contributed by atoms with Crippen molar-refractivity contribution < 1.29 is 0 Å². The standard InChI is InChI=1S/C16H32N2/c1-5-18(6-2)16(3,4)15(17)11-14-10-12-7-8-13(14)9-12/h12-15H,5-11,17H2,1-4H3. The molecule has 106 valence electrons. The summed E-state index contributed by atoms with van der Waals surface area (Å²) in [7, 11) is 0. The lowest BCUT2D eigenvalue weighted by molar-refractivity contribution is 0.0906. The highest BCUT2D eigenvalue weighted by molar-refractivity contribution is 4.97. The minimum atomic E-state index is 0.144. The van der Waals surface area contributed by atoms with Crippen molar-refractivity contribution in [3.05, 3.63) is 0 Å². The van der Waals surface area contributed by atoms with E-state index in [1.54, 1.807) is 0 Å². The Balaban J connectivity index is 1.92. The van der Waals surface area contributed by atoms with Crippen molar-refractivity contribution in [2.75, 3.05) is 13.1 Å². The maximum absolute atomic E-state index is 6.57. The normalized spacial score (nSPS) is 33.3. The summed E-state index contributed by atoms with van der Waals surface area (Å²) >= 11 is 0. The lowest BCUT2D eigenvalue weighted by Crippen LogP contribution is -2.56. The van der Waals surface area contributed by atoms with Crippen LogP contribution in [0.1, 0.15) is 59.8 Å². The third kappa shape index (κ3) is 2.60. The number of hydrogen-bond donors (Lipinski definition) is 1. The molecule has 2 aliphatic carbocycles. The molecule has 4 atom stereocenters. The summed E-state index contributed by atoms with van der Waals surface area (Å²) in [5.41, 5.74) is 6.72. The highest BCUT2D eigenvalue weighted by atomic mass is 15.2. The van der Waals surface area contributed by atoms with E-state index in [2.05, 4.69) is 32.6 Å². The van der Waals surface area contributed by atoms with Gasteiger partial charge in [-0.25, -0.2) is 0 Å². The smallest absolute Gasteiger partial charge is 0.0303 e. The molecular weight excluding hydrogens is 220 g/mol. The summed E-state index contributed by atoms with van der Waals surface area (Å²) in [4.78, 5) is 2.52. The molecule has 2 N–H and O–H groups in total. The van der Waals surface area contributed by atoms with Gasteiger partial charge in [0.15, 0.2) is 0 Å². The number of hydrogen-bond acceptors (Lipinski definition) is 2. The number of rotatable bonds is 6. The predicted octanol–water partition coefficient (Wildman–Crippen LogP) is 3.26. The van der Waals surface area contributed by atoms with Crippen molar-refractivity contribution in [2.24, 2.45) is 23.5 Å². The van der Waals surface area contributed by atoms with Crippen LogP contribution in [0.4, 0.5) is 0 Å². The Kier molecular flexibility index (Phi) is 4.38. The monoisotopic (exact) mass is 252 g/mol. The van der Waals surface area contributed by atoms with Crippen molar-refractivity contribution in [3.8, 4) is 0 Å². The predicted molar refractivity (Wildman–Crippen MR) is 78.5 cm³/mol. The van der Waals surface area contributed by atoms with Crippen LogP contribution >= 0.6 is 0 Å². The van der Waals surface area contributed by atoms with Gasteiger partial charge in [-0.05, 0) is 70.4 Å². The van der Waals surface area contributed by atoms with Gasteiger partial charge in [-0.3, -0.25) is 4.90 Å². The van der Waals surface area contributed by atoms with Crippen molar-refractivity contribution in [2.45, 2.75) is 71.4 Å². The second kappa shape index (κ2) is 5.50. The summed E-state index contributed by atoms with van der Waals surface area (Å²) in [5, 5.41) is 0. The zero-order valence-corrected chi connectivity index (χ0v) is 12.8. The van der Waals surface area contributed by atoms with Gasteiger partial charge in [-0.1, -0.05) is 20.3 Å². The summed E-state index contributed by atoms with van der Waals surface area (Å²) in [6.45, 7) is 11.4. The minimum absolute atomic E-state index is 0.144. The van der Waals surface area contributed by atoms with Gasteiger partial charge >= 0.3 is 0 Å². The molecule has 0 aliphatic heterocycles. The molecule has 0 heterocycles. The number of fused-ring (bicyclic) bond motifs is 2. The van der Waals surface area contributed by atoms with Crippen LogP contribution in [0.2, 0.25) is 0 Å². The SMILES string of the molecule is CCN(CC)C(C)(C)C(N)CC1CC2CCC1C2. The van der Waals surface area contributed by atoms with E-state index >= 15 is 0 Å². The molecule has 2 heteroatoms. The van der Waals surface area contributed by atoms with Crippen LogP contribution in [0.5, 0.6) is 0 Å². The van der Waals surface area contributed by atoms with Crippen molar-refractivity contribution in [1.82, 2.24) is 4.90 Å². The summed E-state index contributed by atoms with van der Waals surface area (Å²) in [6, 6.07) is 0.321. The van der Waals surface area contributed by atoms with Crippen LogP contribution in [-0.4, -0.2) is 29.6 Å². The second-order valence-electron chi connectivity index (χ2n) is 7.10. The van der Waals surface area contributed by atoms with Gasteiger partial charge in [0.25, 0.3) is 0 Å². The summed E-state index contributed by atoms with van der Waals surface area (Å²) in [6.07, 6.45) is 7.18. The van der Waals surface area contributed by atoms with Gasteiger partial charge in [-0.2, -0.15) is 0 Å². The highest BCUT2D eigenvalue weighted by Crippen LogP contribution is 2.50. The molecule has 2 aliphatic rings. The van der Waals surface area contributed by atoms with Crippen LogP contribution in [0, 0.1) is 17.8 Å². The van der Waals surface area contributed by atoms with Crippen molar-refractivity contribution in [3.63, 3.8) is 0 Å². The Hall–Kier alpha value is -0.0800. The first-order valence-corrected chi connectivity index (χ1v) is 7.99. The largest absolute Gasteiger partial charge is 0.326 e. The molecular formula is C16H32N2. The summed E-state index contributed by atoms with van der Waals surface area (Å²) in [5.74, 6) is 2.98. The first-order chi connectivity index (χ1) is 8.48. The Morgan fingerprint density at radius 3 is 2.28 bits per heavy atom. The van der Waals surface area contributed by atoms with E-state index in [9.17, 15) is 0 Å². The molecule has 0 radical (unpaired) electrons. The average Bonchev–Trinajstić information content (AvgIpc) is 2.92. The van der Waals surface area contributed by atoms with Crippen LogP contribution < -0.4 is 5.73 Å². The molecule has 2 fully saturated rings. The maximum atomic E-state index is 6.57. The third-order valence-electron chi connectivity index (χ3n) is 5.93. The molecule has 2 nitrogen and oxygen atoms in total. The lowest BCUT2D eigenvalue weighted by atomic mass is 9.79. The fourth-order valence-corrected chi connectivity index (χ4v) is 4.55. The Bertz CT molecular complexity index is 270. The Morgan fingerprint density at radius 2 is 1.83 bits per heavy atom. The lowest BCUT2D eigenvalue weighted by Gasteiger charge is -2.43. The number of likely N-dealkylation sites (N-methyl/N-ethyl adjacent to an activating group) is 1. The van der Waals surface area contributed by atoms with Gasteiger partial charge < -0.3 is 5.73 Å². The van der Waals surface area contributed by atoms with E-state index in [1.807, 2.05) is 0 Å². The van der Waals surface area contributed by atoms with E-state index in [-0.39, 0.29) is 5.54 Å². The Labute approximate surface area is 113 Å². The maximum Gasteiger partial charge on any atom is 0.0303 e. The van der Waals surface area contributed by atoms with Crippen LogP contribution in [0.3, 0.4) is 0 Å². The average molecular weight is 252 g/mol. The van der Waals surface area contributed by atoms with Gasteiger partial charge in [-0.15, -0.1) is 0 Å². The van der Waals surface area contributed by atoms with E-state index in [0.29, 0.717) is 6.04 Å². The van der Waals surface area contributed by atoms with Crippen molar-refractivity contribution in [1.29, 1.82) is 0 Å². The van der Waals surface area contributed by atoms with E-state index in [4.69, 9.17) is 5.73 Å².